The number of nitrogens with zero attached hydrogens (tertiary/aromatic N) is 3. The molecule has 1 aliphatic heterocycles. The van der Waals surface area contributed by atoms with Crippen molar-refractivity contribution in [2.75, 3.05) is 26.7 Å². The third kappa shape index (κ3) is 2.44. The zero-order chi connectivity index (χ0) is 10.6. The second-order valence-corrected chi connectivity index (χ2v) is 5.25. The molecule has 1 radical (unpaired) electrons. The highest BCUT2D eigenvalue weighted by Crippen LogP contribution is 2.14. The van der Waals surface area contributed by atoms with Crippen LogP contribution in [-0.4, -0.2) is 43.7 Å². The lowest BCUT2D eigenvalue weighted by molar-refractivity contribution is 0.355. The molecule has 1 saturated heterocycles. The van der Waals surface area contributed by atoms with Crippen LogP contribution in [0.4, 0.5) is 0 Å². The van der Waals surface area contributed by atoms with Crippen molar-refractivity contribution < 1.29 is 8.42 Å². The predicted molar refractivity (Wildman–Crippen MR) is 52.3 cm³/mol. The van der Waals surface area contributed by atoms with E-state index in [9.17, 15) is 8.42 Å². The van der Waals surface area contributed by atoms with E-state index in [0.29, 0.717) is 13.1 Å². The van der Waals surface area contributed by atoms with Crippen LogP contribution in [0.3, 0.4) is 0 Å². The highest BCUT2D eigenvalue weighted by Gasteiger charge is 2.27. The molecule has 0 saturated carbocycles. The summed E-state index contributed by atoms with van der Waals surface area (Å²) in [5, 5.41) is 8.42. The first-order chi connectivity index (χ1) is 6.59. The zero-order valence-electron chi connectivity index (χ0n) is 8.18. The Morgan fingerprint density at radius 1 is 1.64 bits per heavy atom. The first-order valence-corrected chi connectivity index (χ1v) is 5.88. The SMILES string of the molecule is CN(CC#N)S(=O)(=O)N1C[CH]CCC1. The molecule has 0 atom stereocenters. The van der Waals surface area contributed by atoms with Gasteiger partial charge in [0.1, 0.15) is 6.54 Å². The molecule has 1 aliphatic rings. The minimum absolute atomic E-state index is 0.0984. The fourth-order valence-electron chi connectivity index (χ4n) is 1.33. The van der Waals surface area contributed by atoms with E-state index in [-0.39, 0.29) is 6.54 Å². The Morgan fingerprint density at radius 3 is 2.86 bits per heavy atom. The lowest BCUT2D eigenvalue weighted by atomic mass is 10.2. The molecular weight excluding hydrogens is 202 g/mol. The Hall–Kier alpha value is -0.640. The van der Waals surface area contributed by atoms with Crippen LogP contribution in [0.25, 0.3) is 0 Å². The fraction of sp³-hybridized carbons (Fsp3) is 0.750. The van der Waals surface area contributed by atoms with Gasteiger partial charge in [-0.05, 0) is 19.3 Å². The molecule has 1 fully saturated rings. The lowest BCUT2D eigenvalue weighted by Crippen LogP contribution is -2.44. The third-order valence-electron chi connectivity index (χ3n) is 2.16. The Labute approximate surface area is 85.1 Å². The minimum Gasteiger partial charge on any atom is -0.197 e. The van der Waals surface area contributed by atoms with Crippen LogP contribution < -0.4 is 0 Å². The molecule has 0 amide bonds. The molecule has 0 aliphatic carbocycles. The Kier molecular flexibility index (Phi) is 3.86. The van der Waals surface area contributed by atoms with Crippen LogP contribution in [-0.2, 0) is 10.2 Å². The van der Waals surface area contributed by atoms with Gasteiger partial charge in [0.15, 0.2) is 0 Å². The van der Waals surface area contributed by atoms with Crippen molar-refractivity contribution in [2.45, 2.75) is 12.8 Å². The molecule has 1 heterocycles. The van der Waals surface area contributed by atoms with Gasteiger partial charge in [0.25, 0.3) is 10.2 Å². The summed E-state index contributed by atoms with van der Waals surface area (Å²) in [4.78, 5) is 0. The van der Waals surface area contributed by atoms with Gasteiger partial charge in [-0.2, -0.15) is 22.3 Å². The summed E-state index contributed by atoms with van der Waals surface area (Å²) in [5.74, 6) is 0. The van der Waals surface area contributed by atoms with E-state index >= 15 is 0 Å². The van der Waals surface area contributed by atoms with E-state index < -0.39 is 10.2 Å². The second-order valence-electron chi connectivity index (χ2n) is 3.21. The van der Waals surface area contributed by atoms with Gasteiger partial charge in [-0.3, -0.25) is 0 Å². The van der Waals surface area contributed by atoms with E-state index in [2.05, 4.69) is 0 Å². The minimum atomic E-state index is -3.41. The lowest BCUT2D eigenvalue weighted by Gasteiger charge is -2.28. The monoisotopic (exact) mass is 216 g/mol. The number of hydrogen-bond acceptors (Lipinski definition) is 3. The molecule has 1 rings (SSSR count). The average Bonchev–Trinajstić information content (AvgIpc) is 2.19. The van der Waals surface area contributed by atoms with Crippen molar-refractivity contribution in [1.29, 1.82) is 5.26 Å². The van der Waals surface area contributed by atoms with Crippen LogP contribution in [0.15, 0.2) is 0 Å². The zero-order valence-corrected chi connectivity index (χ0v) is 9.00. The van der Waals surface area contributed by atoms with Crippen molar-refractivity contribution in [3.63, 3.8) is 0 Å². The smallest absolute Gasteiger partial charge is 0.197 e. The van der Waals surface area contributed by atoms with Gasteiger partial charge >= 0.3 is 0 Å². The summed E-state index contributed by atoms with van der Waals surface area (Å²) in [6.45, 7) is 0.908. The summed E-state index contributed by atoms with van der Waals surface area (Å²) >= 11 is 0. The van der Waals surface area contributed by atoms with Crippen LogP contribution in [0.1, 0.15) is 12.8 Å². The van der Waals surface area contributed by atoms with Gasteiger partial charge in [0.05, 0.1) is 6.07 Å². The van der Waals surface area contributed by atoms with Gasteiger partial charge in [-0.25, -0.2) is 0 Å². The summed E-state index contributed by atoms with van der Waals surface area (Å²) < 4.78 is 26.0. The number of rotatable bonds is 3. The molecular formula is C8H14N3O2S. The molecule has 5 nitrogen and oxygen atoms in total. The molecule has 0 N–H and O–H groups in total. The molecule has 14 heavy (non-hydrogen) atoms. The van der Waals surface area contributed by atoms with E-state index in [0.717, 1.165) is 17.1 Å². The standard InChI is InChI=1S/C8H14N3O2S/c1-10(8-5-9)14(12,13)11-6-3-2-4-7-11/h3H,2,4,6-8H2,1H3. The largest absolute Gasteiger partial charge is 0.282 e. The third-order valence-corrected chi connectivity index (χ3v) is 4.06. The van der Waals surface area contributed by atoms with E-state index in [1.165, 1.54) is 11.4 Å². The Balaban J connectivity index is 2.68. The van der Waals surface area contributed by atoms with Gasteiger partial charge < -0.3 is 0 Å². The van der Waals surface area contributed by atoms with Gasteiger partial charge in [-0.1, -0.05) is 0 Å². The maximum absolute atomic E-state index is 11.8. The Morgan fingerprint density at radius 2 is 2.36 bits per heavy atom. The van der Waals surface area contributed by atoms with Crippen LogP contribution in [0.2, 0.25) is 0 Å². The first-order valence-electron chi connectivity index (χ1n) is 4.49. The first kappa shape index (κ1) is 11.4. The maximum atomic E-state index is 11.8. The number of hydrogen-bond donors (Lipinski definition) is 0. The van der Waals surface area contributed by atoms with Crippen LogP contribution >= 0.6 is 0 Å². The van der Waals surface area contributed by atoms with Crippen molar-refractivity contribution in [1.82, 2.24) is 8.61 Å². The molecule has 0 aromatic rings. The van der Waals surface area contributed by atoms with Crippen molar-refractivity contribution in [3.8, 4) is 6.07 Å². The van der Waals surface area contributed by atoms with Gasteiger partial charge in [0.2, 0.25) is 0 Å². The van der Waals surface area contributed by atoms with E-state index in [1.54, 1.807) is 0 Å². The molecule has 6 heteroatoms. The van der Waals surface area contributed by atoms with Gasteiger partial charge in [-0.15, -0.1) is 0 Å². The second kappa shape index (κ2) is 4.73. The number of piperidine rings is 1. The van der Waals surface area contributed by atoms with Crippen LogP contribution in [0, 0.1) is 17.8 Å². The van der Waals surface area contributed by atoms with E-state index in [4.69, 9.17) is 5.26 Å². The average molecular weight is 216 g/mol. The summed E-state index contributed by atoms with van der Waals surface area (Å²) in [6.07, 6.45) is 3.77. The summed E-state index contributed by atoms with van der Waals surface area (Å²) in [7, 11) is -1.99. The van der Waals surface area contributed by atoms with Crippen molar-refractivity contribution in [2.24, 2.45) is 0 Å². The quantitative estimate of drug-likeness (QED) is 0.623. The van der Waals surface area contributed by atoms with Crippen LogP contribution in [0.5, 0.6) is 0 Å². The molecule has 79 valence electrons. The predicted octanol–water partition coefficient (Wildman–Crippen LogP) is -0.0133. The number of nitriles is 1. The normalized spacial score (nSPS) is 19.5. The molecule has 0 aromatic heterocycles. The van der Waals surface area contributed by atoms with E-state index in [1.807, 2.05) is 12.5 Å². The molecule has 0 unspecified atom stereocenters. The molecule has 0 aromatic carbocycles. The molecule has 0 spiro atoms. The molecule has 0 bridgehead atoms. The van der Waals surface area contributed by atoms with Crippen molar-refractivity contribution >= 4 is 10.2 Å². The highest BCUT2D eigenvalue weighted by molar-refractivity contribution is 7.86. The Bertz CT molecular complexity index is 314. The van der Waals surface area contributed by atoms with Crippen molar-refractivity contribution in [3.05, 3.63) is 6.42 Å². The summed E-state index contributed by atoms with van der Waals surface area (Å²) in [5.41, 5.74) is 0. The fourth-order valence-corrected chi connectivity index (χ4v) is 2.60. The summed E-state index contributed by atoms with van der Waals surface area (Å²) in [6, 6.07) is 1.82. The maximum Gasteiger partial charge on any atom is 0.282 e. The highest BCUT2D eigenvalue weighted by atomic mass is 32.2. The topological polar surface area (TPSA) is 64.4 Å². The van der Waals surface area contributed by atoms with Gasteiger partial charge in [0, 0.05) is 20.1 Å².